The lowest BCUT2D eigenvalue weighted by Crippen LogP contribution is -2.57. The zero-order valence-electron chi connectivity index (χ0n) is 21.6. The Kier molecular flexibility index (Phi) is 9.39. The number of methoxy groups -OCH3 is 1. The van der Waals surface area contributed by atoms with Crippen LogP contribution in [0.1, 0.15) is 35.3 Å². The Hall–Kier alpha value is -3.30. The van der Waals surface area contributed by atoms with Crippen molar-refractivity contribution < 1.29 is 29.0 Å². The van der Waals surface area contributed by atoms with Crippen LogP contribution in [0.15, 0.2) is 61.2 Å². The van der Waals surface area contributed by atoms with Crippen molar-refractivity contribution >= 4 is 29.5 Å². The summed E-state index contributed by atoms with van der Waals surface area (Å²) in [4.78, 5) is 41.1. The predicted octanol–water partition coefficient (Wildman–Crippen LogP) is 3.11. The van der Waals surface area contributed by atoms with Crippen LogP contribution >= 0.6 is 11.8 Å². The van der Waals surface area contributed by atoms with Crippen molar-refractivity contribution in [3.8, 4) is 5.75 Å². The van der Waals surface area contributed by atoms with Gasteiger partial charge in [0.05, 0.1) is 19.0 Å². The van der Waals surface area contributed by atoms with Crippen LogP contribution in [0.25, 0.3) is 0 Å². The van der Waals surface area contributed by atoms with Crippen molar-refractivity contribution in [1.29, 1.82) is 0 Å². The molecule has 2 N–H and O–H groups in total. The summed E-state index contributed by atoms with van der Waals surface area (Å²) in [5.74, 6) is -0.894. The third-order valence-corrected chi connectivity index (χ3v) is 7.77. The maximum atomic E-state index is 13.6. The van der Waals surface area contributed by atoms with Crippen molar-refractivity contribution in [2.24, 2.45) is 0 Å². The van der Waals surface area contributed by atoms with E-state index in [2.05, 4.69) is 11.9 Å². The average molecular weight is 527 g/mol. The van der Waals surface area contributed by atoms with Gasteiger partial charge in [-0.05, 0) is 44.9 Å². The van der Waals surface area contributed by atoms with Crippen LogP contribution in [0.3, 0.4) is 0 Å². The molecule has 1 aliphatic heterocycles. The van der Waals surface area contributed by atoms with Crippen LogP contribution in [-0.4, -0.2) is 70.3 Å². The summed E-state index contributed by atoms with van der Waals surface area (Å²) in [6, 6.07) is 12.5. The quantitative estimate of drug-likeness (QED) is 0.362. The number of benzene rings is 2. The molecule has 9 heteroatoms. The third-order valence-electron chi connectivity index (χ3n) is 6.39. The third kappa shape index (κ3) is 6.53. The van der Waals surface area contributed by atoms with Crippen LogP contribution in [0.2, 0.25) is 0 Å². The van der Waals surface area contributed by atoms with Crippen LogP contribution in [-0.2, 0) is 20.7 Å². The van der Waals surface area contributed by atoms with Crippen molar-refractivity contribution in [2.45, 2.75) is 50.1 Å². The Labute approximate surface area is 222 Å². The van der Waals surface area contributed by atoms with Gasteiger partial charge in [-0.3, -0.25) is 9.59 Å². The highest BCUT2D eigenvalue weighted by atomic mass is 32.2. The highest BCUT2D eigenvalue weighted by Crippen LogP contribution is 2.40. The number of carbonyl (C=O) groups excluding carboxylic acids is 3. The number of ether oxygens (including phenoxy) is 2. The monoisotopic (exact) mass is 526 g/mol. The first-order valence-corrected chi connectivity index (χ1v) is 13.0. The number of aliphatic hydroxyl groups is 1. The maximum Gasteiger partial charge on any atom is 0.330 e. The molecule has 3 unspecified atom stereocenters. The van der Waals surface area contributed by atoms with E-state index in [1.54, 1.807) is 25.1 Å². The van der Waals surface area contributed by atoms with Gasteiger partial charge in [0.25, 0.3) is 11.8 Å². The Balaban J connectivity index is 1.89. The zero-order chi connectivity index (χ0) is 27.2. The lowest BCUT2D eigenvalue weighted by atomic mass is 9.97. The van der Waals surface area contributed by atoms with Crippen molar-refractivity contribution in [1.82, 2.24) is 10.2 Å². The number of carbonyl (C=O) groups is 3. The lowest BCUT2D eigenvalue weighted by Gasteiger charge is -2.32. The number of rotatable bonds is 10. The second-order valence-corrected chi connectivity index (χ2v) is 11.0. The molecular weight excluding hydrogens is 492 g/mol. The molecule has 1 aliphatic rings. The highest BCUT2D eigenvalue weighted by Gasteiger charge is 2.50. The van der Waals surface area contributed by atoms with Gasteiger partial charge < -0.3 is 24.8 Å². The summed E-state index contributed by atoms with van der Waals surface area (Å²) < 4.78 is 9.96. The predicted molar refractivity (Wildman–Crippen MR) is 143 cm³/mol. The number of esters is 1. The molecule has 1 heterocycles. The van der Waals surface area contributed by atoms with E-state index in [4.69, 9.17) is 9.47 Å². The second kappa shape index (κ2) is 12.3. The van der Waals surface area contributed by atoms with Crippen LogP contribution in [0.5, 0.6) is 5.75 Å². The van der Waals surface area contributed by atoms with Crippen LogP contribution in [0, 0.1) is 6.92 Å². The van der Waals surface area contributed by atoms with Gasteiger partial charge in [0, 0.05) is 15.9 Å². The molecule has 2 aromatic carbocycles. The molecular formula is C28H34N2O6S. The first kappa shape index (κ1) is 28.3. The zero-order valence-corrected chi connectivity index (χ0v) is 22.4. The topological polar surface area (TPSA) is 105 Å². The first-order valence-electron chi connectivity index (χ1n) is 12.0. The standard InChI is InChI=1S/C28H34N2O6S/c1-6-15-36-27(34)24-28(3,4)37-17-30(24)26(33)23(31)21(16-19-11-8-7-9-12-19)29-25(32)20-13-10-14-22(35-5)18(20)2/h6-14,21,23-24,31H,1,15-17H2,2-5H3,(H,29,32). The van der Waals surface area contributed by atoms with Gasteiger partial charge >= 0.3 is 5.97 Å². The molecule has 2 amide bonds. The number of hydrogen-bond donors (Lipinski definition) is 2. The van der Waals surface area contributed by atoms with Gasteiger partial charge in [-0.2, -0.15) is 0 Å². The van der Waals surface area contributed by atoms with Crippen molar-refractivity contribution in [3.05, 3.63) is 77.9 Å². The maximum absolute atomic E-state index is 13.6. The van der Waals surface area contributed by atoms with E-state index in [0.29, 0.717) is 16.9 Å². The molecule has 1 saturated heterocycles. The largest absolute Gasteiger partial charge is 0.496 e. The Morgan fingerprint density at radius 1 is 1.22 bits per heavy atom. The van der Waals surface area contributed by atoms with E-state index >= 15 is 0 Å². The molecule has 0 spiro atoms. The van der Waals surface area contributed by atoms with Gasteiger partial charge in [0.15, 0.2) is 6.10 Å². The number of hydrogen-bond acceptors (Lipinski definition) is 7. The molecule has 3 rings (SSSR count). The van der Waals surface area contributed by atoms with E-state index in [1.807, 2.05) is 44.2 Å². The second-order valence-electron chi connectivity index (χ2n) is 9.35. The summed E-state index contributed by atoms with van der Waals surface area (Å²) in [7, 11) is 1.52. The van der Waals surface area contributed by atoms with E-state index in [1.165, 1.54) is 29.8 Å². The Morgan fingerprint density at radius 2 is 1.92 bits per heavy atom. The Morgan fingerprint density at radius 3 is 2.57 bits per heavy atom. The minimum atomic E-state index is -1.60. The smallest absolute Gasteiger partial charge is 0.330 e. The van der Waals surface area contributed by atoms with Gasteiger partial charge in [0.1, 0.15) is 18.4 Å². The van der Waals surface area contributed by atoms with Gasteiger partial charge in [-0.15, -0.1) is 11.8 Å². The molecule has 2 aromatic rings. The molecule has 0 aliphatic carbocycles. The highest BCUT2D eigenvalue weighted by molar-refractivity contribution is 8.00. The Bertz CT molecular complexity index is 1140. The molecule has 1 fully saturated rings. The first-order chi connectivity index (χ1) is 17.6. The fourth-order valence-electron chi connectivity index (χ4n) is 4.37. The molecule has 0 radical (unpaired) electrons. The summed E-state index contributed by atoms with van der Waals surface area (Å²) in [6.45, 7) is 9.06. The lowest BCUT2D eigenvalue weighted by molar-refractivity contribution is -0.157. The van der Waals surface area contributed by atoms with E-state index in [0.717, 1.165) is 5.56 Å². The van der Waals surface area contributed by atoms with Crippen molar-refractivity contribution in [2.75, 3.05) is 19.6 Å². The average Bonchev–Trinajstić information content (AvgIpc) is 3.21. The fourth-order valence-corrected chi connectivity index (χ4v) is 5.50. The molecule has 3 atom stereocenters. The van der Waals surface area contributed by atoms with Crippen LogP contribution < -0.4 is 10.1 Å². The summed E-state index contributed by atoms with van der Waals surface area (Å²) in [5, 5.41) is 14.2. The molecule has 0 bridgehead atoms. The van der Waals surface area contributed by atoms with Gasteiger partial charge in [-0.25, -0.2) is 4.79 Å². The van der Waals surface area contributed by atoms with Crippen molar-refractivity contribution in [3.63, 3.8) is 0 Å². The number of amides is 2. The SMILES string of the molecule is C=CCOC(=O)C1N(C(=O)C(O)C(Cc2ccccc2)NC(=O)c2cccc(OC)c2C)CSC1(C)C. The minimum absolute atomic E-state index is 0.0211. The molecule has 0 saturated carbocycles. The molecule has 0 aromatic heterocycles. The normalized spacial score (nSPS) is 18.0. The minimum Gasteiger partial charge on any atom is -0.496 e. The number of nitrogens with one attached hydrogen (secondary N) is 1. The van der Waals surface area contributed by atoms with Gasteiger partial charge in [0.2, 0.25) is 0 Å². The van der Waals surface area contributed by atoms with E-state index < -0.39 is 40.7 Å². The number of nitrogens with zero attached hydrogens (tertiary/aromatic N) is 1. The van der Waals surface area contributed by atoms with E-state index in [9.17, 15) is 19.5 Å². The summed E-state index contributed by atoms with van der Waals surface area (Å²) in [6.07, 6.45) is 0.0672. The van der Waals surface area contributed by atoms with Crippen LogP contribution in [0.4, 0.5) is 0 Å². The fraction of sp³-hybridized carbons (Fsp3) is 0.393. The van der Waals surface area contributed by atoms with Gasteiger partial charge in [-0.1, -0.05) is 49.1 Å². The summed E-state index contributed by atoms with van der Waals surface area (Å²) >= 11 is 1.42. The molecule has 8 nitrogen and oxygen atoms in total. The number of thioether (sulfide) groups is 1. The molecule has 37 heavy (non-hydrogen) atoms. The molecule has 198 valence electrons. The number of aliphatic hydroxyl groups excluding tert-OH is 1. The van der Waals surface area contributed by atoms with E-state index in [-0.39, 0.29) is 18.9 Å². The summed E-state index contributed by atoms with van der Waals surface area (Å²) in [5.41, 5.74) is 1.85.